The summed E-state index contributed by atoms with van der Waals surface area (Å²) in [7, 11) is 3.69. The Morgan fingerprint density at radius 2 is 2.21 bits per heavy atom. The summed E-state index contributed by atoms with van der Waals surface area (Å²) in [5, 5.41) is 3.14. The smallest absolute Gasteiger partial charge is 0.123 e. The second-order valence-electron chi connectivity index (χ2n) is 3.03. The average Bonchev–Trinajstić information content (AvgIpc) is 2.26. The van der Waals surface area contributed by atoms with Crippen LogP contribution in [-0.2, 0) is 6.42 Å². The van der Waals surface area contributed by atoms with Gasteiger partial charge < -0.3 is 10.1 Å². The van der Waals surface area contributed by atoms with Crippen molar-refractivity contribution in [3.8, 4) is 5.75 Å². The maximum absolute atomic E-state index is 5.34. The molecule has 0 unspecified atom stereocenters. The molecule has 1 aromatic carbocycles. The zero-order chi connectivity index (χ0) is 10.4. The van der Waals surface area contributed by atoms with Gasteiger partial charge in [-0.05, 0) is 44.0 Å². The number of hydrogen-bond donors (Lipinski definition) is 1. The standard InChI is InChI=1S/C11H17NOS/c1-12-7-6-9-4-5-10(14-3)8-11(9)13-2/h4-5,8,12H,6-7H2,1-3H3. The van der Waals surface area contributed by atoms with Crippen LogP contribution in [-0.4, -0.2) is 27.0 Å². The number of nitrogens with one attached hydrogen (secondary N) is 1. The van der Waals surface area contributed by atoms with Crippen molar-refractivity contribution >= 4 is 11.8 Å². The van der Waals surface area contributed by atoms with E-state index in [0.717, 1.165) is 18.7 Å². The van der Waals surface area contributed by atoms with Crippen LogP contribution >= 0.6 is 11.8 Å². The molecule has 0 atom stereocenters. The molecule has 0 aliphatic rings. The first-order valence-corrected chi connectivity index (χ1v) is 5.89. The molecule has 14 heavy (non-hydrogen) atoms. The fourth-order valence-corrected chi connectivity index (χ4v) is 1.75. The van der Waals surface area contributed by atoms with Gasteiger partial charge in [-0.25, -0.2) is 0 Å². The van der Waals surface area contributed by atoms with Crippen LogP contribution < -0.4 is 10.1 Å². The first kappa shape index (κ1) is 11.4. The highest BCUT2D eigenvalue weighted by Crippen LogP contribution is 2.25. The molecular formula is C11H17NOS. The van der Waals surface area contributed by atoms with Gasteiger partial charge in [-0.2, -0.15) is 0 Å². The molecule has 0 aliphatic heterocycles. The van der Waals surface area contributed by atoms with Crippen LogP contribution in [0.1, 0.15) is 5.56 Å². The molecule has 0 radical (unpaired) electrons. The van der Waals surface area contributed by atoms with Gasteiger partial charge >= 0.3 is 0 Å². The van der Waals surface area contributed by atoms with Crippen LogP contribution in [0.4, 0.5) is 0 Å². The van der Waals surface area contributed by atoms with Gasteiger partial charge in [-0.15, -0.1) is 11.8 Å². The van der Waals surface area contributed by atoms with Crippen molar-refractivity contribution in [3.63, 3.8) is 0 Å². The van der Waals surface area contributed by atoms with Gasteiger partial charge in [0.15, 0.2) is 0 Å². The summed E-state index contributed by atoms with van der Waals surface area (Å²) < 4.78 is 5.34. The predicted octanol–water partition coefficient (Wildman–Crippen LogP) is 2.18. The molecule has 0 aliphatic carbocycles. The molecule has 0 fully saturated rings. The normalized spacial score (nSPS) is 10.2. The van der Waals surface area contributed by atoms with E-state index in [4.69, 9.17) is 4.74 Å². The van der Waals surface area contributed by atoms with E-state index in [2.05, 4.69) is 29.8 Å². The molecule has 0 bridgehead atoms. The molecule has 78 valence electrons. The van der Waals surface area contributed by atoms with E-state index in [1.165, 1.54) is 10.5 Å². The van der Waals surface area contributed by atoms with Crippen LogP contribution in [0.25, 0.3) is 0 Å². The van der Waals surface area contributed by atoms with Crippen molar-refractivity contribution in [2.75, 3.05) is 27.0 Å². The van der Waals surface area contributed by atoms with Gasteiger partial charge in [0.2, 0.25) is 0 Å². The molecule has 1 N–H and O–H groups in total. The van der Waals surface area contributed by atoms with Crippen molar-refractivity contribution in [1.29, 1.82) is 0 Å². The van der Waals surface area contributed by atoms with E-state index < -0.39 is 0 Å². The maximum Gasteiger partial charge on any atom is 0.123 e. The zero-order valence-electron chi connectivity index (χ0n) is 8.96. The number of rotatable bonds is 5. The second-order valence-corrected chi connectivity index (χ2v) is 3.91. The van der Waals surface area contributed by atoms with Crippen LogP contribution in [0, 0.1) is 0 Å². The van der Waals surface area contributed by atoms with Gasteiger partial charge in [0.1, 0.15) is 5.75 Å². The van der Waals surface area contributed by atoms with Crippen LogP contribution in [0.5, 0.6) is 5.75 Å². The highest BCUT2D eigenvalue weighted by Gasteiger charge is 2.03. The number of thioether (sulfide) groups is 1. The molecule has 1 aromatic rings. The van der Waals surface area contributed by atoms with Gasteiger partial charge in [-0.3, -0.25) is 0 Å². The third-order valence-electron chi connectivity index (χ3n) is 2.14. The Labute approximate surface area is 90.0 Å². The minimum atomic E-state index is 0.981. The van der Waals surface area contributed by atoms with E-state index in [1.54, 1.807) is 18.9 Å². The molecule has 1 rings (SSSR count). The quantitative estimate of drug-likeness (QED) is 0.754. The van der Waals surface area contributed by atoms with E-state index in [9.17, 15) is 0 Å². The Morgan fingerprint density at radius 3 is 2.79 bits per heavy atom. The highest BCUT2D eigenvalue weighted by atomic mass is 32.2. The molecule has 0 heterocycles. The highest BCUT2D eigenvalue weighted by molar-refractivity contribution is 7.98. The Hall–Kier alpha value is -0.670. The summed E-state index contributed by atoms with van der Waals surface area (Å²) in [5.41, 5.74) is 1.26. The summed E-state index contributed by atoms with van der Waals surface area (Å²) in [6.07, 6.45) is 3.08. The van der Waals surface area contributed by atoms with Crippen molar-refractivity contribution < 1.29 is 4.74 Å². The van der Waals surface area contributed by atoms with Gasteiger partial charge in [0.05, 0.1) is 7.11 Å². The lowest BCUT2D eigenvalue weighted by atomic mass is 10.1. The maximum atomic E-state index is 5.34. The number of methoxy groups -OCH3 is 1. The fourth-order valence-electron chi connectivity index (χ4n) is 1.32. The van der Waals surface area contributed by atoms with Gasteiger partial charge in [-0.1, -0.05) is 6.07 Å². The monoisotopic (exact) mass is 211 g/mol. The lowest BCUT2D eigenvalue weighted by Gasteiger charge is -2.09. The van der Waals surface area contributed by atoms with Gasteiger partial charge in [0, 0.05) is 4.90 Å². The number of hydrogen-bond acceptors (Lipinski definition) is 3. The molecule has 0 spiro atoms. The average molecular weight is 211 g/mol. The Morgan fingerprint density at radius 1 is 1.43 bits per heavy atom. The van der Waals surface area contributed by atoms with E-state index in [0.29, 0.717) is 0 Å². The fraction of sp³-hybridized carbons (Fsp3) is 0.455. The third-order valence-corrected chi connectivity index (χ3v) is 2.86. The van der Waals surface area contributed by atoms with Crippen molar-refractivity contribution in [2.24, 2.45) is 0 Å². The summed E-state index contributed by atoms with van der Waals surface area (Å²) >= 11 is 1.74. The second kappa shape index (κ2) is 5.94. The lowest BCUT2D eigenvalue weighted by Crippen LogP contribution is -2.10. The lowest BCUT2D eigenvalue weighted by molar-refractivity contribution is 0.408. The molecule has 0 saturated heterocycles. The Bertz CT molecular complexity index is 289. The van der Waals surface area contributed by atoms with Crippen molar-refractivity contribution in [2.45, 2.75) is 11.3 Å². The SMILES string of the molecule is CNCCc1ccc(SC)cc1OC. The Kier molecular flexibility index (Phi) is 4.84. The zero-order valence-corrected chi connectivity index (χ0v) is 9.78. The number of likely N-dealkylation sites (N-methyl/N-ethyl adjacent to an activating group) is 1. The summed E-state index contributed by atoms with van der Waals surface area (Å²) in [4.78, 5) is 1.25. The Balaban J connectivity index is 2.82. The largest absolute Gasteiger partial charge is 0.496 e. The van der Waals surface area contributed by atoms with Crippen LogP contribution in [0.2, 0.25) is 0 Å². The first-order valence-electron chi connectivity index (χ1n) is 4.67. The van der Waals surface area contributed by atoms with Crippen LogP contribution in [0.3, 0.4) is 0 Å². The summed E-state index contributed by atoms with van der Waals surface area (Å²) in [6.45, 7) is 0.981. The van der Waals surface area contributed by atoms with E-state index >= 15 is 0 Å². The minimum absolute atomic E-state index is 0.981. The topological polar surface area (TPSA) is 21.3 Å². The van der Waals surface area contributed by atoms with Crippen molar-refractivity contribution in [3.05, 3.63) is 23.8 Å². The minimum Gasteiger partial charge on any atom is -0.496 e. The molecule has 2 nitrogen and oxygen atoms in total. The number of ether oxygens (including phenoxy) is 1. The van der Waals surface area contributed by atoms with Crippen molar-refractivity contribution in [1.82, 2.24) is 5.32 Å². The first-order chi connectivity index (χ1) is 6.81. The predicted molar refractivity (Wildman–Crippen MR) is 62.4 cm³/mol. The molecule has 3 heteroatoms. The van der Waals surface area contributed by atoms with Gasteiger partial charge in [0.25, 0.3) is 0 Å². The molecule has 0 saturated carbocycles. The number of benzene rings is 1. The molecular weight excluding hydrogens is 194 g/mol. The van der Waals surface area contributed by atoms with E-state index in [-0.39, 0.29) is 0 Å². The molecule has 0 aromatic heterocycles. The summed E-state index contributed by atoms with van der Waals surface area (Å²) in [6, 6.07) is 6.37. The molecule has 0 amide bonds. The van der Waals surface area contributed by atoms with Crippen LogP contribution in [0.15, 0.2) is 23.1 Å². The third kappa shape index (κ3) is 2.93. The summed E-state index contributed by atoms with van der Waals surface area (Å²) in [5.74, 6) is 0.993. The van der Waals surface area contributed by atoms with E-state index in [1.807, 2.05) is 7.05 Å².